The number of rotatable bonds is 0. The molecular weight excluding hydrogens is 127 g/mol. The van der Waals surface area contributed by atoms with Crippen LogP contribution in [0, 0.1) is 0 Å². The predicted octanol–water partition coefficient (Wildman–Crippen LogP) is 2.30. The van der Waals surface area contributed by atoms with Gasteiger partial charge in [0.1, 0.15) is 0 Å². The lowest BCUT2D eigenvalue weighted by Crippen LogP contribution is -2.04. The van der Waals surface area contributed by atoms with Crippen LogP contribution in [0.1, 0.15) is 6.92 Å². The van der Waals surface area contributed by atoms with E-state index in [0.29, 0.717) is 0 Å². The first-order valence-corrected chi connectivity index (χ1v) is 3.61. The van der Waals surface area contributed by atoms with Crippen molar-refractivity contribution in [2.45, 2.75) is 12.1 Å². The highest BCUT2D eigenvalue weighted by molar-refractivity contribution is 7.19. The molecule has 0 nitrogen and oxygen atoms in total. The third-order valence-electron chi connectivity index (χ3n) is 1.24. The maximum Gasteiger partial charge on any atom is 0.0183 e. The molecule has 0 fully saturated rings. The molecule has 1 aliphatic rings. The number of allylic oxidation sites excluding steroid dienone is 6. The van der Waals surface area contributed by atoms with E-state index in [4.69, 9.17) is 0 Å². The largest absolute Gasteiger partial charge is 0.123 e. The van der Waals surface area contributed by atoms with Gasteiger partial charge in [-0.1, -0.05) is 36.5 Å². The van der Waals surface area contributed by atoms with Crippen molar-refractivity contribution < 1.29 is 0 Å². The topological polar surface area (TPSA) is 0 Å². The van der Waals surface area contributed by atoms with E-state index in [9.17, 15) is 0 Å². The van der Waals surface area contributed by atoms with Gasteiger partial charge in [0.2, 0.25) is 0 Å². The Bertz CT molecular complexity index is 155. The van der Waals surface area contributed by atoms with Crippen molar-refractivity contribution >= 4 is 9.24 Å². The van der Waals surface area contributed by atoms with Gasteiger partial charge in [-0.3, -0.25) is 0 Å². The zero-order valence-electron chi connectivity index (χ0n) is 5.54. The van der Waals surface area contributed by atoms with Crippen molar-refractivity contribution in [2.24, 2.45) is 0 Å². The summed E-state index contributed by atoms with van der Waals surface area (Å²) in [5.41, 5.74) is 0. The molecule has 0 aromatic rings. The second-order valence-corrected chi connectivity index (χ2v) is 3.71. The van der Waals surface area contributed by atoms with E-state index in [-0.39, 0.29) is 5.16 Å². The van der Waals surface area contributed by atoms with Crippen LogP contribution in [0.2, 0.25) is 0 Å². The SMILES string of the molecule is CC1(P)C=CC=CC=C1. The van der Waals surface area contributed by atoms with Gasteiger partial charge in [0.05, 0.1) is 0 Å². The van der Waals surface area contributed by atoms with Gasteiger partial charge >= 0.3 is 0 Å². The second kappa shape index (κ2) is 2.49. The molecule has 0 radical (unpaired) electrons. The van der Waals surface area contributed by atoms with Crippen LogP contribution in [0.15, 0.2) is 36.5 Å². The summed E-state index contributed by atoms with van der Waals surface area (Å²) in [7, 11) is 2.78. The van der Waals surface area contributed by atoms with Crippen LogP contribution in [0.5, 0.6) is 0 Å². The molecule has 0 spiro atoms. The molecule has 0 aliphatic heterocycles. The van der Waals surface area contributed by atoms with Crippen molar-refractivity contribution in [1.29, 1.82) is 0 Å². The average molecular weight is 138 g/mol. The summed E-state index contributed by atoms with van der Waals surface area (Å²) >= 11 is 0. The first-order chi connectivity index (χ1) is 4.21. The van der Waals surface area contributed by atoms with E-state index in [1.165, 1.54) is 0 Å². The van der Waals surface area contributed by atoms with Gasteiger partial charge in [-0.2, -0.15) is 0 Å². The summed E-state index contributed by atoms with van der Waals surface area (Å²) in [6, 6.07) is 0. The first kappa shape index (κ1) is 6.77. The maximum absolute atomic E-state index is 2.78. The van der Waals surface area contributed by atoms with Crippen molar-refractivity contribution in [3.8, 4) is 0 Å². The van der Waals surface area contributed by atoms with Crippen molar-refractivity contribution in [1.82, 2.24) is 0 Å². The van der Waals surface area contributed by atoms with Gasteiger partial charge in [-0.15, -0.1) is 9.24 Å². The first-order valence-electron chi connectivity index (χ1n) is 3.03. The monoisotopic (exact) mass is 138 g/mol. The summed E-state index contributed by atoms with van der Waals surface area (Å²) < 4.78 is 0. The molecule has 0 heterocycles. The van der Waals surface area contributed by atoms with Crippen LogP contribution in [0.3, 0.4) is 0 Å². The third kappa shape index (κ3) is 2.15. The summed E-state index contributed by atoms with van der Waals surface area (Å²) in [5, 5.41) is 0.156. The molecule has 9 heavy (non-hydrogen) atoms. The van der Waals surface area contributed by atoms with Gasteiger partial charge in [-0.05, 0) is 6.92 Å². The lowest BCUT2D eigenvalue weighted by molar-refractivity contribution is 1.01. The lowest BCUT2D eigenvalue weighted by Gasteiger charge is -2.11. The Morgan fingerprint density at radius 3 is 1.89 bits per heavy atom. The van der Waals surface area contributed by atoms with Gasteiger partial charge in [0.25, 0.3) is 0 Å². The van der Waals surface area contributed by atoms with E-state index in [1.54, 1.807) is 0 Å². The zero-order chi connectivity index (χ0) is 6.74. The maximum atomic E-state index is 2.78. The molecule has 1 heteroatoms. The molecule has 1 atom stereocenters. The quantitative estimate of drug-likeness (QED) is 0.450. The second-order valence-electron chi connectivity index (χ2n) is 2.47. The average Bonchev–Trinajstić information content (AvgIpc) is 1.92. The Labute approximate surface area is 58.5 Å². The van der Waals surface area contributed by atoms with Crippen molar-refractivity contribution in [2.75, 3.05) is 0 Å². The minimum absolute atomic E-state index is 0.156. The Kier molecular flexibility index (Phi) is 1.87. The van der Waals surface area contributed by atoms with E-state index in [0.717, 1.165) is 0 Å². The third-order valence-corrected chi connectivity index (χ3v) is 1.63. The summed E-state index contributed by atoms with van der Waals surface area (Å²) in [4.78, 5) is 0. The molecule has 0 aromatic carbocycles. The van der Waals surface area contributed by atoms with Crippen molar-refractivity contribution in [3.05, 3.63) is 36.5 Å². The van der Waals surface area contributed by atoms with Gasteiger partial charge in [0.15, 0.2) is 0 Å². The van der Waals surface area contributed by atoms with E-state index < -0.39 is 0 Å². The standard InChI is InChI=1S/C8H11P/c1-8(9)6-4-2-3-5-7-8/h2-7H,9H2,1H3. The van der Waals surface area contributed by atoms with Crippen molar-refractivity contribution in [3.63, 3.8) is 0 Å². The molecular formula is C8H11P. The molecule has 0 bridgehead atoms. The van der Waals surface area contributed by atoms with Gasteiger partial charge in [0, 0.05) is 5.16 Å². The van der Waals surface area contributed by atoms with E-state index >= 15 is 0 Å². The molecule has 0 amide bonds. The molecule has 1 rings (SSSR count). The Hall–Kier alpha value is -0.350. The lowest BCUT2D eigenvalue weighted by atomic mass is 10.1. The molecule has 0 saturated carbocycles. The summed E-state index contributed by atoms with van der Waals surface area (Å²) in [6.07, 6.45) is 12.5. The Morgan fingerprint density at radius 2 is 1.44 bits per heavy atom. The van der Waals surface area contributed by atoms with Gasteiger partial charge in [-0.25, -0.2) is 0 Å². The van der Waals surface area contributed by atoms with Crippen LogP contribution >= 0.6 is 9.24 Å². The highest BCUT2D eigenvalue weighted by atomic mass is 31.0. The Balaban J connectivity index is 2.82. The van der Waals surface area contributed by atoms with Gasteiger partial charge < -0.3 is 0 Å². The Morgan fingerprint density at radius 1 is 1.00 bits per heavy atom. The zero-order valence-corrected chi connectivity index (χ0v) is 6.70. The fourth-order valence-electron chi connectivity index (χ4n) is 0.710. The van der Waals surface area contributed by atoms with Crippen LogP contribution in [0.4, 0.5) is 0 Å². The van der Waals surface area contributed by atoms with E-state index in [2.05, 4.69) is 40.5 Å². The van der Waals surface area contributed by atoms with Crippen LogP contribution in [-0.4, -0.2) is 5.16 Å². The number of hydrogen-bond donors (Lipinski definition) is 0. The highest BCUT2D eigenvalue weighted by Crippen LogP contribution is 2.22. The van der Waals surface area contributed by atoms with Crippen LogP contribution < -0.4 is 0 Å². The van der Waals surface area contributed by atoms with Crippen LogP contribution in [0.25, 0.3) is 0 Å². The summed E-state index contributed by atoms with van der Waals surface area (Å²) in [5.74, 6) is 0. The predicted molar refractivity (Wildman–Crippen MR) is 45.5 cm³/mol. The minimum Gasteiger partial charge on any atom is -0.123 e. The van der Waals surface area contributed by atoms with Crippen LogP contribution in [-0.2, 0) is 0 Å². The normalized spacial score (nSPS) is 22.0. The minimum atomic E-state index is 0.156. The molecule has 0 aromatic heterocycles. The fraction of sp³-hybridized carbons (Fsp3) is 0.250. The number of hydrogen-bond acceptors (Lipinski definition) is 0. The molecule has 0 N–H and O–H groups in total. The smallest absolute Gasteiger partial charge is 0.0183 e. The molecule has 1 unspecified atom stereocenters. The molecule has 1 aliphatic carbocycles. The summed E-state index contributed by atoms with van der Waals surface area (Å²) in [6.45, 7) is 2.15. The van der Waals surface area contributed by atoms with E-state index in [1.807, 2.05) is 12.2 Å². The fourth-order valence-corrected chi connectivity index (χ4v) is 0.932. The molecule has 48 valence electrons. The molecule has 0 saturated heterocycles. The highest BCUT2D eigenvalue weighted by Gasteiger charge is 2.07.